The highest BCUT2D eigenvalue weighted by Crippen LogP contribution is 2.22. The van der Waals surface area contributed by atoms with Crippen molar-refractivity contribution < 1.29 is 4.39 Å². The Hall–Kier alpha value is -1.26. The summed E-state index contributed by atoms with van der Waals surface area (Å²) in [5, 5.41) is 2.00. The molecule has 0 fully saturated rings. The van der Waals surface area contributed by atoms with Gasteiger partial charge in [-0.15, -0.1) is 11.3 Å². The van der Waals surface area contributed by atoms with Gasteiger partial charge in [-0.3, -0.25) is 4.98 Å². The van der Waals surface area contributed by atoms with Gasteiger partial charge in [0.15, 0.2) is 0 Å². The molecule has 1 unspecified atom stereocenters. The van der Waals surface area contributed by atoms with Crippen LogP contribution in [0.15, 0.2) is 29.8 Å². The molecule has 0 aliphatic carbocycles. The van der Waals surface area contributed by atoms with Gasteiger partial charge in [0.05, 0.1) is 17.9 Å². The molecule has 0 amide bonds. The molecular formula is C11H11FN2S. The molecule has 15 heavy (non-hydrogen) atoms. The van der Waals surface area contributed by atoms with Crippen LogP contribution in [0.5, 0.6) is 0 Å². The first-order chi connectivity index (χ1) is 7.16. The van der Waals surface area contributed by atoms with Crippen molar-refractivity contribution in [2.24, 2.45) is 5.73 Å². The highest BCUT2D eigenvalue weighted by Gasteiger charge is 2.11. The average Bonchev–Trinajstić information content (AvgIpc) is 2.65. The molecule has 0 aliphatic rings. The van der Waals surface area contributed by atoms with Gasteiger partial charge in [-0.05, 0) is 36.1 Å². The molecule has 0 bridgehead atoms. The molecule has 0 saturated carbocycles. The zero-order chi connectivity index (χ0) is 10.8. The summed E-state index contributed by atoms with van der Waals surface area (Å²) in [7, 11) is 0. The number of aromatic nitrogens is 1. The molecule has 0 saturated heterocycles. The summed E-state index contributed by atoms with van der Waals surface area (Å²) in [4.78, 5) is 5.18. The molecule has 2 aromatic rings. The van der Waals surface area contributed by atoms with Gasteiger partial charge in [-0.1, -0.05) is 0 Å². The second kappa shape index (κ2) is 4.08. The monoisotopic (exact) mass is 222 g/mol. The minimum atomic E-state index is -0.340. The first-order valence-electron chi connectivity index (χ1n) is 4.59. The molecule has 0 spiro atoms. The van der Waals surface area contributed by atoms with Crippen LogP contribution >= 0.6 is 11.3 Å². The van der Waals surface area contributed by atoms with Crippen molar-refractivity contribution in [1.29, 1.82) is 0 Å². The summed E-state index contributed by atoms with van der Waals surface area (Å²) in [6.07, 6.45) is 1.19. The summed E-state index contributed by atoms with van der Waals surface area (Å²) in [6, 6.07) is 4.75. The smallest absolute Gasteiger partial charge is 0.141 e. The third kappa shape index (κ3) is 2.22. The number of pyridine rings is 1. The van der Waals surface area contributed by atoms with E-state index in [2.05, 4.69) is 4.98 Å². The van der Waals surface area contributed by atoms with E-state index in [-0.39, 0.29) is 11.9 Å². The summed E-state index contributed by atoms with van der Waals surface area (Å²) in [5.41, 5.74) is 7.72. The number of hydrogen-bond donors (Lipinski definition) is 1. The van der Waals surface area contributed by atoms with E-state index in [4.69, 9.17) is 5.73 Å². The van der Waals surface area contributed by atoms with Crippen molar-refractivity contribution in [2.75, 3.05) is 0 Å². The van der Waals surface area contributed by atoms with Crippen molar-refractivity contribution in [3.8, 4) is 0 Å². The molecule has 2 heterocycles. The minimum absolute atomic E-state index is 0.268. The second-order valence-corrected chi connectivity index (χ2v) is 4.48. The molecule has 0 aliphatic heterocycles. The summed E-state index contributed by atoms with van der Waals surface area (Å²) in [6.45, 7) is 2.03. The van der Waals surface area contributed by atoms with E-state index < -0.39 is 0 Å². The summed E-state index contributed by atoms with van der Waals surface area (Å²) >= 11 is 1.65. The van der Waals surface area contributed by atoms with Gasteiger partial charge >= 0.3 is 0 Å². The van der Waals surface area contributed by atoms with Gasteiger partial charge in [0.1, 0.15) is 5.82 Å². The van der Waals surface area contributed by atoms with E-state index in [9.17, 15) is 4.39 Å². The number of halogens is 1. The third-order valence-electron chi connectivity index (χ3n) is 2.18. The molecular weight excluding hydrogens is 211 g/mol. The van der Waals surface area contributed by atoms with Crippen LogP contribution in [0.1, 0.15) is 22.2 Å². The zero-order valence-electron chi connectivity index (χ0n) is 8.27. The maximum Gasteiger partial charge on any atom is 0.141 e. The summed E-state index contributed by atoms with van der Waals surface area (Å²) in [5.74, 6) is -0.340. The molecule has 2 nitrogen and oxygen atoms in total. The van der Waals surface area contributed by atoms with Gasteiger partial charge in [0, 0.05) is 4.88 Å². The Labute approximate surface area is 91.6 Å². The predicted octanol–water partition coefficient (Wildman–Crippen LogP) is 2.64. The highest BCUT2D eigenvalue weighted by molar-refractivity contribution is 7.10. The van der Waals surface area contributed by atoms with E-state index in [0.29, 0.717) is 5.69 Å². The fourth-order valence-corrected chi connectivity index (χ4v) is 2.11. The van der Waals surface area contributed by atoms with Crippen LogP contribution in [0.25, 0.3) is 0 Å². The van der Waals surface area contributed by atoms with E-state index in [1.807, 2.05) is 18.4 Å². The topological polar surface area (TPSA) is 38.9 Å². The molecule has 0 radical (unpaired) electrons. The molecule has 2 aromatic heterocycles. The van der Waals surface area contributed by atoms with E-state index in [1.165, 1.54) is 17.1 Å². The first kappa shape index (κ1) is 10.3. The molecule has 78 valence electrons. The van der Waals surface area contributed by atoms with Crippen LogP contribution in [0.2, 0.25) is 0 Å². The Kier molecular flexibility index (Phi) is 2.79. The maximum absolute atomic E-state index is 12.7. The van der Waals surface area contributed by atoms with Crippen LogP contribution in [0.3, 0.4) is 0 Å². The molecule has 2 N–H and O–H groups in total. The Morgan fingerprint density at radius 1 is 1.47 bits per heavy atom. The number of hydrogen-bond acceptors (Lipinski definition) is 3. The van der Waals surface area contributed by atoms with E-state index in [1.54, 1.807) is 17.4 Å². The van der Waals surface area contributed by atoms with Crippen LogP contribution in [0, 0.1) is 12.7 Å². The second-order valence-electron chi connectivity index (χ2n) is 3.37. The van der Waals surface area contributed by atoms with Gasteiger partial charge in [-0.25, -0.2) is 4.39 Å². The molecule has 0 aromatic carbocycles. The Balaban J connectivity index is 2.28. The maximum atomic E-state index is 12.7. The quantitative estimate of drug-likeness (QED) is 0.848. The molecule has 4 heteroatoms. The minimum Gasteiger partial charge on any atom is -0.319 e. The lowest BCUT2D eigenvalue weighted by atomic mass is 10.1. The van der Waals surface area contributed by atoms with Crippen molar-refractivity contribution in [3.05, 3.63) is 51.7 Å². The standard InChI is InChI=1S/C11H11FN2S/c1-7-4-8(6-15-7)11(13)10-3-2-9(12)5-14-10/h2-6,11H,13H2,1H3. The normalized spacial score (nSPS) is 12.7. The Morgan fingerprint density at radius 2 is 2.27 bits per heavy atom. The lowest BCUT2D eigenvalue weighted by Crippen LogP contribution is -2.12. The van der Waals surface area contributed by atoms with Crippen molar-refractivity contribution in [1.82, 2.24) is 4.98 Å². The van der Waals surface area contributed by atoms with Crippen molar-refractivity contribution >= 4 is 11.3 Å². The molecule has 1 atom stereocenters. The van der Waals surface area contributed by atoms with Crippen LogP contribution in [-0.2, 0) is 0 Å². The fraction of sp³-hybridized carbons (Fsp3) is 0.182. The van der Waals surface area contributed by atoms with Crippen molar-refractivity contribution in [3.63, 3.8) is 0 Å². The van der Waals surface area contributed by atoms with Gasteiger partial charge in [0.2, 0.25) is 0 Å². The van der Waals surface area contributed by atoms with E-state index in [0.717, 1.165) is 5.56 Å². The van der Waals surface area contributed by atoms with E-state index >= 15 is 0 Å². The average molecular weight is 222 g/mol. The lowest BCUT2D eigenvalue weighted by molar-refractivity contribution is 0.617. The predicted molar refractivity (Wildman–Crippen MR) is 59.3 cm³/mol. The highest BCUT2D eigenvalue weighted by atomic mass is 32.1. The fourth-order valence-electron chi connectivity index (χ4n) is 1.37. The Morgan fingerprint density at radius 3 is 2.80 bits per heavy atom. The summed E-state index contributed by atoms with van der Waals surface area (Å²) < 4.78 is 12.7. The number of rotatable bonds is 2. The Bertz CT molecular complexity index is 450. The largest absolute Gasteiger partial charge is 0.319 e. The van der Waals surface area contributed by atoms with Crippen LogP contribution < -0.4 is 5.73 Å². The van der Waals surface area contributed by atoms with Gasteiger partial charge < -0.3 is 5.73 Å². The van der Waals surface area contributed by atoms with Gasteiger partial charge in [0.25, 0.3) is 0 Å². The van der Waals surface area contributed by atoms with Crippen molar-refractivity contribution in [2.45, 2.75) is 13.0 Å². The van der Waals surface area contributed by atoms with Crippen LogP contribution in [0.4, 0.5) is 4.39 Å². The third-order valence-corrected chi connectivity index (χ3v) is 3.06. The first-order valence-corrected chi connectivity index (χ1v) is 5.47. The number of aryl methyl sites for hydroxylation is 1. The van der Waals surface area contributed by atoms with Gasteiger partial charge in [-0.2, -0.15) is 0 Å². The number of nitrogens with two attached hydrogens (primary N) is 1. The lowest BCUT2D eigenvalue weighted by Gasteiger charge is -2.08. The SMILES string of the molecule is Cc1cc(C(N)c2ccc(F)cn2)cs1. The number of thiophene rings is 1. The molecule has 2 rings (SSSR count). The zero-order valence-corrected chi connectivity index (χ0v) is 9.09. The number of nitrogens with zero attached hydrogens (tertiary/aromatic N) is 1. The van der Waals surface area contributed by atoms with Crippen LogP contribution in [-0.4, -0.2) is 4.98 Å².